The van der Waals surface area contributed by atoms with Crippen LogP contribution in [-0.2, 0) is 17.7 Å². The lowest BCUT2D eigenvalue weighted by atomic mass is 10.2. The average Bonchev–Trinajstić information content (AvgIpc) is 2.83. The molecule has 1 N–H and O–H groups in total. The molecular formula is C16H30N2OS. The summed E-state index contributed by atoms with van der Waals surface area (Å²) in [5.41, 5.74) is 1.27. The molecular weight excluding hydrogens is 268 g/mol. The van der Waals surface area contributed by atoms with Crippen molar-refractivity contribution in [3.8, 4) is 0 Å². The van der Waals surface area contributed by atoms with Crippen molar-refractivity contribution in [2.45, 2.75) is 72.4 Å². The van der Waals surface area contributed by atoms with E-state index in [1.165, 1.54) is 22.0 Å². The number of hydrogen-bond acceptors (Lipinski definition) is 4. The lowest BCUT2D eigenvalue weighted by molar-refractivity contribution is 0.0554. The summed E-state index contributed by atoms with van der Waals surface area (Å²) in [6, 6.07) is 0. The molecule has 20 heavy (non-hydrogen) atoms. The third-order valence-corrected chi connectivity index (χ3v) is 4.38. The normalized spacial score (nSPS) is 12.8. The molecule has 4 heteroatoms. The summed E-state index contributed by atoms with van der Waals surface area (Å²) in [5.74, 6) is 0. The highest BCUT2D eigenvalue weighted by Crippen LogP contribution is 2.30. The minimum absolute atomic E-state index is 0.186. The van der Waals surface area contributed by atoms with Gasteiger partial charge in [0, 0.05) is 18.0 Å². The van der Waals surface area contributed by atoms with Crippen molar-refractivity contribution in [2.24, 2.45) is 0 Å². The Kier molecular flexibility index (Phi) is 9.07. The van der Waals surface area contributed by atoms with Gasteiger partial charge in [-0.25, -0.2) is 4.98 Å². The minimum Gasteiger partial charge on any atom is -0.371 e. The van der Waals surface area contributed by atoms with Gasteiger partial charge in [0.1, 0.15) is 11.1 Å². The predicted molar refractivity (Wildman–Crippen MR) is 87.4 cm³/mol. The van der Waals surface area contributed by atoms with E-state index in [1.807, 2.05) is 11.3 Å². The van der Waals surface area contributed by atoms with Crippen LogP contribution >= 0.6 is 11.3 Å². The second kappa shape index (κ2) is 10.3. The fourth-order valence-corrected chi connectivity index (χ4v) is 3.40. The molecule has 1 aromatic rings. The van der Waals surface area contributed by atoms with E-state index in [9.17, 15) is 0 Å². The maximum atomic E-state index is 5.87. The number of hydrogen-bond donors (Lipinski definition) is 1. The average molecular weight is 298 g/mol. The number of rotatable bonds is 11. The van der Waals surface area contributed by atoms with E-state index in [-0.39, 0.29) is 6.10 Å². The van der Waals surface area contributed by atoms with Crippen molar-refractivity contribution in [1.29, 1.82) is 0 Å². The molecule has 0 aliphatic rings. The van der Waals surface area contributed by atoms with Gasteiger partial charge in [-0.15, -0.1) is 11.3 Å². The topological polar surface area (TPSA) is 34.1 Å². The molecule has 0 saturated carbocycles. The number of thiazole rings is 1. The highest BCUT2D eigenvalue weighted by molar-refractivity contribution is 7.11. The van der Waals surface area contributed by atoms with Crippen molar-refractivity contribution >= 4 is 11.3 Å². The highest BCUT2D eigenvalue weighted by Gasteiger charge is 2.18. The fraction of sp³-hybridized carbons (Fsp3) is 0.812. The van der Waals surface area contributed by atoms with Gasteiger partial charge in [-0.3, -0.25) is 0 Å². The van der Waals surface area contributed by atoms with Crippen LogP contribution in [0.4, 0.5) is 0 Å². The van der Waals surface area contributed by atoms with E-state index < -0.39 is 0 Å². The van der Waals surface area contributed by atoms with Crippen LogP contribution in [0.15, 0.2) is 0 Å². The van der Waals surface area contributed by atoms with Crippen LogP contribution < -0.4 is 5.32 Å². The van der Waals surface area contributed by atoms with Crippen molar-refractivity contribution in [1.82, 2.24) is 10.3 Å². The Hall–Kier alpha value is -0.450. The van der Waals surface area contributed by atoms with Crippen molar-refractivity contribution in [2.75, 3.05) is 13.2 Å². The number of aromatic nitrogens is 1. The Labute approximate surface area is 128 Å². The molecule has 1 unspecified atom stereocenters. The van der Waals surface area contributed by atoms with Crippen LogP contribution in [0, 0.1) is 0 Å². The minimum atomic E-state index is 0.186. The summed E-state index contributed by atoms with van der Waals surface area (Å²) in [6.45, 7) is 11.5. The quantitative estimate of drug-likeness (QED) is 0.612. The highest BCUT2D eigenvalue weighted by atomic mass is 32.1. The van der Waals surface area contributed by atoms with E-state index in [0.29, 0.717) is 0 Å². The van der Waals surface area contributed by atoms with Crippen LogP contribution in [-0.4, -0.2) is 18.1 Å². The molecule has 1 atom stereocenters. The molecule has 0 amide bonds. The summed E-state index contributed by atoms with van der Waals surface area (Å²) in [4.78, 5) is 6.27. The molecule has 0 bridgehead atoms. The molecule has 1 rings (SSSR count). The van der Waals surface area contributed by atoms with Crippen LogP contribution in [0.25, 0.3) is 0 Å². The van der Waals surface area contributed by atoms with Crippen molar-refractivity contribution < 1.29 is 4.74 Å². The molecule has 0 aliphatic heterocycles. The lowest BCUT2D eigenvalue weighted by Crippen LogP contribution is -2.13. The molecule has 0 saturated heterocycles. The number of nitrogens with zero attached hydrogens (tertiary/aromatic N) is 1. The largest absolute Gasteiger partial charge is 0.371 e. The summed E-state index contributed by atoms with van der Waals surface area (Å²) in [7, 11) is 0. The van der Waals surface area contributed by atoms with Gasteiger partial charge in [0.05, 0.1) is 5.69 Å². The third-order valence-electron chi connectivity index (χ3n) is 3.19. The van der Waals surface area contributed by atoms with E-state index in [2.05, 4.69) is 33.0 Å². The predicted octanol–water partition coefficient (Wildman–Crippen LogP) is 4.47. The van der Waals surface area contributed by atoms with Crippen molar-refractivity contribution in [3.05, 3.63) is 15.6 Å². The number of nitrogens with one attached hydrogen (secondary N) is 1. The number of aryl methyl sites for hydroxylation is 1. The molecule has 0 spiro atoms. The summed E-state index contributed by atoms with van der Waals surface area (Å²) >= 11 is 1.84. The van der Waals surface area contributed by atoms with E-state index in [0.717, 1.165) is 45.4 Å². The molecule has 116 valence electrons. The molecule has 1 aromatic heterocycles. The summed E-state index contributed by atoms with van der Waals surface area (Å²) < 4.78 is 5.87. The number of ether oxygens (including phenoxy) is 1. The van der Waals surface area contributed by atoms with E-state index >= 15 is 0 Å². The van der Waals surface area contributed by atoms with Crippen LogP contribution in [0.5, 0.6) is 0 Å². The molecule has 0 radical (unpaired) electrons. The Morgan fingerprint density at radius 3 is 2.55 bits per heavy atom. The van der Waals surface area contributed by atoms with Gasteiger partial charge >= 0.3 is 0 Å². The summed E-state index contributed by atoms with van der Waals surface area (Å²) in [5, 5.41) is 4.67. The Morgan fingerprint density at radius 2 is 1.95 bits per heavy atom. The Morgan fingerprint density at radius 1 is 1.15 bits per heavy atom. The molecule has 1 heterocycles. The Bertz CT molecular complexity index is 359. The smallest absolute Gasteiger partial charge is 0.122 e. The first-order valence-electron chi connectivity index (χ1n) is 8.07. The summed E-state index contributed by atoms with van der Waals surface area (Å²) in [6.07, 6.45) is 5.78. The first-order valence-corrected chi connectivity index (χ1v) is 8.89. The van der Waals surface area contributed by atoms with Gasteiger partial charge < -0.3 is 10.1 Å². The van der Waals surface area contributed by atoms with Gasteiger partial charge in [-0.05, 0) is 32.7 Å². The second-order valence-electron chi connectivity index (χ2n) is 5.08. The first-order chi connectivity index (χ1) is 9.76. The van der Waals surface area contributed by atoms with Gasteiger partial charge in [0.25, 0.3) is 0 Å². The molecule has 3 nitrogen and oxygen atoms in total. The van der Waals surface area contributed by atoms with Crippen LogP contribution in [0.3, 0.4) is 0 Å². The van der Waals surface area contributed by atoms with Crippen LogP contribution in [0.1, 0.15) is 75.1 Å². The van der Waals surface area contributed by atoms with E-state index in [1.54, 1.807) is 0 Å². The van der Waals surface area contributed by atoms with Crippen LogP contribution in [0.2, 0.25) is 0 Å². The zero-order valence-electron chi connectivity index (χ0n) is 13.5. The zero-order chi connectivity index (χ0) is 14.8. The molecule has 0 fully saturated rings. The lowest BCUT2D eigenvalue weighted by Gasteiger charge is -2.12. The first kappa shape index (κ1) is 17.6. The SMILES string of the molecule is CCCNCc1sc(C(CCC)OCC)nc1CCC. The van der Waals surface area contributed by atoms with Crippen molar-refractivity contribution in [3.63, 3.8) is 0 Å². The second-order valence-corrected chi connectivity index (χ2v) is 6.20. The zero-order valence-corrected chi connectivity index (χ0v) is 14.3. The van der Waals surface area contributed by atoms with Gasteiger partial charge in [-0.2, -0.15) is 0 Å². The standard InChI is InChI=1S/C16H30N2OS/c1-5-9-13-15(12-17-11-7-3)20-16(18-13)14(10-6-2)19-8-4/h14,17H,5-12H2,1-4H3. The maximum absolute atomic E-state index is 5.87. The monoisotopic (exact) mass is 298 g/mol. The molecule has 0 aliphatic carbocycles. The molecule has 0 aromatic carbocycles. The third kappa shape index (κ3) is 5.51. The van der Waals surface area contributed by atoms with Gasteiger partial charge in [0.15, 0.2) is 0 Å². The fourth-order valence-electron chi connectivity index (χ4n) is 2.23. The van der Waals surface area contributed by atoms with E-state index in [4.69, 9.17) is 9.72 Å². The van der Waals surface area contributed by atoms with Gasteiger partial charge in [0.2, 0.25) is 0 Å². The maximum Gasteiger partial charge on any atom is 0.122 e. The van der Waals surface area contributed by atoms with Gasteiger partial charge in [-0.1, -0.05) is 33.6 Å². The Balaban J connectivity index is 2.81.